The van der Waals surface area contributed by atoms with Crippen molar-refractivity contribution in [2.45, 2.75) is 6.92 Å². The molecular formula is C12H15NO2. The monoisotopic (exact) mass is 205 g/mol. The fourth-order valence-corrected chi connectivity index (χ4v) is 1.34. The zero-order valence-electron chi connectivity index (χ0n) is 8.81. The van der Waals surface area contributed by atoms with Crippen molar-refractivity contribution in [2.24, 2.45) is 0 Å². The molecule has 15 heavy (non-hydrogen) atoms. The van der Waals surface area contributed by atoms with Crippen molar-refractivity contribution in [3.05, 3.63) is 42.5 Å². The summed E-state index contributed by atoms with van der Waals surface area (Å²) < 4.78 is 0. The molecule has 0 saturated carbocycles. The van der Waals surface area contributed by atoms with Crippen LogP contribution in [0.5, 0.6) is 5.75 Å². The van der Waals surface area contributed by atoms with E-state index in [4.69, 9.17) is 0 Å². The first kappa shape index (κ1) is 11.3. The Labute approximate surface area is 89.6 Å². The van der Waals surface area contributed by atoms with Crippen molar-refractivity contribution in [3.8, 4) is 5.75 Å². The summed E-state index contributed by atoms with van der Waals surface area (Å²) in [5.41, 5.74) is 0.334. The molecule has 0 saturated heterocycles. The van der Waals surface area contributed by atoms with Gasteiger partial charge in [-0.15, -0.1) is 6.58 Å². The Bertz CT molecular complexity index is 360. The lowest BCUT2D eigenvalue weighted by atomic mass is 10.1. The van der Waals surface area contributed by atoms with Crippen LogP contribution in [0.1, 0.15) is 17.3 Å². The van der Waals surface area contributed by atoms with Gasteiger partial charge < -0.3 is 10.0 Å². The van der Waals surface area contributed by atoms with Gasteiger partial charge in [-0.05, 0) is 19.1 Å². The van der Waals surface area contributed by atoms with E-state index in [-0.39, 0.29) is 11.7 Å². The van der Waals surface area contributed by atoms with Crippen LogP contribution in [0.2, 0.25) is 0 Å². The molecule has 1 N–H and O–H groups in total. The lowest BCUT2D eigenvalue weighted by molar-refractivity contribution is 0.0779. The number of hydrogen-bond acceptors (Lipinski definition) is 2. The Kier molecular flexibility index (Phi) is 3.92. The van der Waals surface area contributed by atoms with Gasteiger partial charge in [0.2, 0.25) is 0 Å². The van der Waals surface area contributed by atoms with Crippen LogP contribution in [0.4, 0.5) is 0 Å². The smallest absolute Gasteiger partial charge is 0.257 e. The van der Waals surface area contributed by atoms with E-state index in [0.29, 0.717) is 18.7 Å². The summed E-state index contributed by atoms with van der Waals surface area (Å²) in [7, 11) is 0. The lowest BCUT2D eigenvalue weighted by Gasteiger charge is -2.19. The van der Waals surface area contributed by atoms with E-state index in [1.165, 1.54) is 6.07 Å². The average Bonchev–Trinajstić information content (AvgIpc) is 2.25. The van der Waals surface area contributed by atoms with Crippen molar-refractivity contribution in [2.75, 3.05) is 13.1 Å². The van der Waals surface area contributed by atoms with Crippen molar-refractivity contribution >= 4 is 5.91 Å². The second-order valence-corrected chi connectivity index (χ2v) is 3.15. The minimum atomic E-state index is -0.171. The van der Waals surface area contributed by atoms with Gasteiger partial charge in [0.25, 0.3) is 5.91 Å². The molecule has 0 heterocycles. The van der Waals surface area contributed by atoms with Gasteiger partial charge >= 0.3 is 0 Å². The minimum absolute atomic E-state index is 0.0185. The van der Waals surface area contributed by atoms with E-state index in [2.05, 4.69) is 6.58 Å². The molecule has 0 spiro atoms. The Morgan fingerprint density at radius 3 is 2.73 bits per heavy atom. The fraction of sp³-hybridized carbons (Fsp3) is 0.250. The molecule has 1 amide bonds. The topological polar surface area (TPSA) is 40.5 Å². The first-order valence-corrected chi connectivity index (χ1v) is 4.88. The highest BCUT2D eigenvalue weighted by molar-refractivity contribution is 5.96. The van der Waals surface area contributed by atoms with Crippen LogP contribution < -0.4 is 0 Å². The van der Waals surface area contributed by atoms with Crippen LogP contribution >= 0.6 is 0 Å². The largest absolute Gasteiger partial charge is 0.507 e. The number of phenolic OH excluding ortho intramolecular Hbond substituents is 1. The third-order valence-corrected chi connectivity index (χ3v) is 2.15. The molecule has 3 heteroatoms. The van der Waals surface area contributed by atoms with Gasteiger partial charge in [-0.1, -0.05) is 18.2 Å². The van der Waals surface area contributed by atoms with Gasteiger partial charge in [0.05, 0.1) is 5.56 Å². The second kappa shape index (κ2) is 5.20. The highest BCUT2D eigenvalue weighted by Crippen LogP contribution is 2.17. The normalized spacial score (nSPS) is 9.67. The fourth-order valence-electron chi connectivity index (χ4n) is 1.34. The lowest BCUT2D eigenvalue weighted by Crippen LogP contribution is -2.30. The maximum Gasteiger partial charge on any atom is 0.257 e. The number of para-hydroxylation sites is 1. The number of carbonyl (C=O) groups excluding carboxylic acids is 1. The molecule has 0 radical (unpaired) electrons. The van der Waals surface area contributed by atoms with E-state index < -0.39 is 0 Å². The number of phenols is 1. The number of carbonyl (C=O) groups is 1. The number of likely N-dealkylation sites (N-methyl/N-ethyl adjacent to an activating group) is 1. The van der Waals surface area contributed by atoms with Crippen LogP contribution in [-0.4, -0.2) is 29.0 Å². The summed E-state index contributed by atoms with van der Waals surface area (Å²) in [5, 5.41) is 9.52. The zero-order valence-corrected chi connectivity index (χ0v) is 8.81. The molecule has 80 valence electrons. The van der Waals surface area contributed by atoms with Gasteiger partial charge in [0.1, 0.15) is 5.75 Å². The number of amides is 1. The van der Waals surface area contributed by atoms with Gasteiger partial charge in [0.15, 0.2) is 0 Å². The van der Waals surface area contributed by atoms with E-state index >= 15 is 0 Å². The van der Waals surface area contributed by atoms with Crippen LogP contribution in [0, 0.1) is 0 Å². The number of benzene rings is 1. The minimum Gasteiger partial charge on any atom is -0.507 e. The van der Waals surface area contributed by atoms with Gasteiger partial charge in [-0.2, -0.15) is 0 Å². The predicted molar refractivity (Wildman–Crippen MR) is 59.9 cm³/mol. The Hall–Kier alpha value is -1.77. The van der Waals surface area contributed by atoms with Gasteiger partial charge in [-0.25, -0.2) is 0 Å². The molecule has 0 fully saturated rings. The average molecular weight is 205 g/mol. The van der Waals surface area contributed by atoms with Crippen molar-refractivity contribution < 1.29 is 9.90 Å². The molecule has 0 bridgehead atoms. The van der Waals surface area contributed by atoms with E-state index in [1.54, 1.807) is 29.2 Å². The quantitative estimate of drug-likeness (QED) is 0.764. The number of nitrogens with zero attached hydrogens (tertiary/aromatic N) is 1. The van der Waals surface area contributed by atoms with E-state index in [1.807, 2.05) is 6.92 Å². The van der Waals surface area contributed by atoms with Gasteiger partial charge in [-0.3, -0.25) is 4.79 Å². The molecule has 3 nitrogen and oxygen atoms in total. The first-order chi connectivity index (χ1) is 7.20. The van der Waals surface area contributed by atoms with Crippen LogP contribution in [0.3, 0.4) is 0 Å². The molecule has 0 aliphatic rings. The predicted octanol–water partition coefficient (Wildman–Crippen LogP) is 2.04. The SMILES string of the molecule is C=CCN(CC)C(=O)c1ccccc1O. The van der Waals surface area contributed by atoms with Gasteiger partial charge in [0, 0.05) is 13.1 Å². The third-order valence-electron chi connectivity index (χ3n) is 2.15. The molecule has 0 aromatic heterocycles. The van der Waals surface area contributed by atoms with E-state index in [0.717, 1.165) is 0 Å². The maximum atomic E-state index is 11.9. The molecule has 0 atom stereocenters. The molecule has 1 rings (SSSR count). The number of aromatic hydroxyl groups is 1. The van der Waals surface area contributed by atoms with Crippen molar-refractivity contribution in [1.82, 2.24) is 4.90 Å². The molecule has 0 aliphatic heterocycles. The Morgan fingerprint density at radius 1 is 1.53 bits per heavy atom. The zero-order chi connectivity index (χ0) is 11.3. The van der Waals surface area contributed by atoms with Crippen molar-refractivity contribution in [1.29, 1.82) is 0 Å². The summed E-state index contributed by atoms with van der Waals surface area (Å²) in [4.78, 5) is 13.5. The highest BCUT2D eigenvalue weighted by atomic mass is 16.3. The maximum absolute atomic E-state index is 11.9. The van der Waals surface area contributed by atoms with E-state index in [9.17, 15) is 9.90 Å². The summed E-state index contributed by atoms with van der Waals surface area (Å²) in [6.45, 7) is 6.57. The Morgan fingerprint density at radius 2 is 2.20 bits per heavy atom. The number of rotatable bonds is 4. The highest BCUT2D eigenvalue weighted by Gasteiger charge is 2.15. The molecule has 1 aromatic carbocycles. The number of hydrogen-bond donors (Lipinski definition) is 1. The first-order valence-electron chi connectivity index (χ1n) is 4.88. The summed E-state index contributed by atoms with van der Waals surface area (Å²) in [6, 6.07) is 6.54. The van der Waals surface area contributed by atoms with Crippen LogP contribution in [0.25, 0.3) is 0 Å². The molecule has 1 aromatic rings. The summed E-state index contributed by atoms with van der Waals surface area (Å²) in [6.07, 6.45) is 1.67. The standard InChI is InChI=1S/C12H15NO2/c1-3-9-13(4-2)12(15)10-7-5-6-8-11(10)14/h3,5-8,14H,1,4,9H2,2H3. The summed E-state index contributed by atoms with van der Waals surface area (Å²) >= 11 is 0. The second-order valence-electron chi connectivity index (χ2n) is 3.15. The summed E-state index contributed by atoms with van der Waals surface area (Å²) in [5.74, 6) is -0.152. The van der Waals surface area contributed by atoms with Crippen LogP contribution in [-0.2, 0) is 0 Å². The molecule has 0 unspecified atom stereocenters. The third kappa shape index (κ3) is 2.59. The van der Waals surface area contributed by atoms with Crippen molar-refractivity contribution in [3.63, 3.8) is 0 Å². The molecular weight excluding hydrogens is 190 g/mol. The molecule has 0 aliphatic carbocycles. The van der Waals surface area contributed by atoms with Crippen LogP contribution in [0.15, 0.2) is 36.9 Å². The Balaban J connectivity index is 2.92.